The van der Waals surface area contributed by atoms with Gasteiger partial charge < -0.3 is 10.6 Å². The first-order valence-corrected chi connectivity index (χ1v) is 7.25. The summed E-state index contributed by atoms with van der Waals surface area (Å²) in [5.74, 6) is 0. The number of hydrogen-bond donors (Lipinski definition) is 1. The highest BCUT2D eigenvalue weighted by atomic mass is 15.2. The van der Waals surface area contributed by atoms with Gasteiger partial charge in [-0.05, 0) is 44.4 Å². The number of likely N-dealkylation sites (N-methyl/N-ethyl adjacent to an activating group) is 1. The van der Waals surface area contributed by atoms with Gasteiger partial charge in [0.15, 0.2) is 0 Å². The van der Waals surface area contributed by atoms with Crippen molar-refractivity contribution in [3.8, 4) is 0 Å². The molecule has 0 aliphatic carbocycles. The molecule has 1 aliphatic rings. The quantitative estimate of drug-likeness (QED) is 0.737. The van der Waals surface area contributed by atoms with Crippen LogP contribution in [0, 0.1) is 5.41 Å². The Morgan fingerprint density at radius 2 is 1.94 bits per heavy atom. The van der Waals surface area contributed by atoms with E-state index in [1.165, 1.54) is 39.0 Å². The molecule has 0 aromatic rings. The van der Waals surface area contributed by atoms with Gasteiger partial charge in [-0.15, -0.1) is 0 Å². The van der Waals surface area contributed by atoms with E-state index in [0.29, 0.717) is 5.41 Å². The van der Waals surface area contributed by atoms with E-state index in [4.69, 9.17) is 5.73 Å². The van der Waals surface area contributed by atoms with Crippen molar-refractivity contribution in [2.45, 2.75) is 46.6 Å². The predicted molar refractivity (Wildman–Crippen MR) is 75.2 cm³/mol. The molecule has 2 unspecified atom stereocenters. The maximum atomic E-state index is 5.91. The highest BCUT2D eigenvalue weighted by Gasteiger charge is 2.30. The molecule has 2 atom stereocenters. The van der Waals surface area contributed by atoms with Gasteiger partial charge in [0.2, 0.25) is 0 Å². The minimum atomic E-state index is 0.304. The molecule has 0 saturated carbocycles. The van der Waals surface area contributed by atoms with Gasteiger partial charge in [-0.25, -0.2) is 0 Å². The molecule has 0 aromatic heterocycles. The van der Waals surface area contributed by atoms with E-state index >= 15 is 0 Å². The first kappa shape index (κ1) is 14.9. The number of hydrogen-bond acceptors (Lipinski definition) is 3. The SMILES string of the molecule is CCN(CC)C1CCN(CC(C)(CC)CN)C1. The van der Waals surface area contributed by atoms with E-state index in [-0.39, 0.29) is 0 Å². The zero-order valence-corrected chi connectivity index (χ0v) is 12.2. The standard InChI is InChI=1S/C14H31N3/c1-5-14(4,11-15)12-16-9-8-13(10-16)17(6-2)7-3/h13H,5-12,15H2,1-4H3. The van der Waals surface area contributed by atoms with Crippen LogP contribution >= 0.6 is 0 Å². The highest BCUT2D eigenvalue weighted by molar-refractivity contribution is 4.87. The Balaban J connectivity index is 2.45. The van der Waals surface area contributed by atoms with E-state index in [0.717, 1.165) is 19.1 Å². The van der Waals surface area contributed by atoms with Crippen LogP contribution in [0.15, 0.2) is 0 Å². The minimum absolute atomic E-state index is 0.304. The lowest BCUT2D eigenvalue weighted by Crippen LogP contribution is -2.42. The lowest BCUT2D eigenvalue weighted by atomic mass is 9.87. The van der Waals surface area contributed by atoms with E-state index in [1.54, 1.807) is 0 Å². The molecule has 0 amide bonds. The third-order valence-electron chi connectivity index (χ3n) is 4.53. The average molecular weight is 241 g/mol. The van der Waals surface area contributed by atoms with E-state index in [9.17, 15) is 0 Å². The summed E-state index contributed by atoms with van der Waals surface area (Å²) in [6, 6.07) is 0.767. The third kappa shape index (κ3) is 3.94. The fourth-order valence-corrected chi connectivity index (χ4v) is 2.85. The summed E-state index contributed by atoms with van der Waals surface area (Å²) in [5, 5.41) is 0. The lowest BCUT2D eigenvalue weighted by molar-refractivity contribution is 0.167. The van der Waals surface area contributed by atoms with Crippen molar-refractivity contribution in [1.82, 2.24) is 9.80 Å². The number of likely N-dealkylation sites (tertiary alicyclic amines) is 1. The van der Waals surface area contributed by atoms with Crippen LogP contribution in [0.25, 0.3) is 0 Å². The highest BCUT2D eigenvalue weighted by Crippen LogP contribution is 2.24. The fourth-order valence-electron chi connectivity index (χ4n) is 2.85. The monoisotopic (exact) mass is 241 g/mol. The molecule has 3 heteroatoms. The molecule has 0 aromatic carbocycles. The molecule has 0 radical (unpaired) electrons. The van der Waals surface area contributed by atoms with Crippen molar-refractivity contribution in [2.75, 3.05) is 39.3 Å². The van der Waals surface area contributed by atoms with Gasteiger partial charge >= 0.3 is 0 Å². The molecule has 1 aliphatic heterocycles. The van der Waals surface area contributed by atoms with Crippen molar-refractivity contribution in [3.63, 3.8) is 0 Å². The molecule has 1 heterocycles. The molecule has 3 nitrogen and oxygen atoms in total. The molecular weight excluding hydrogens is 210 g/mol. The maximum absolute atomic E-state index is 5.91. The Hall–Kier alpha value is -0.120. The summed E-state index contributed by atoms with van der Waals surface area (Å²) < 4.78 is 0. The van der Waals surface area contributed by atoms with Crippen LogP contribution in [0.2, 0.25) is 0 Å². The van der Waals surface area contributed by atoms with Crippen molar-refractivity contribution in [2.24, 2.45) is 11.1 Å². The molecule has 1 saturated heterocycles. The summed E-state index contributed by atoms with van der Waals surface area (Å²) >= 11 is 0. The van der Waals surface area contributed by atoms with E-state index < -0.39 is 0 Å². The van der Waals surface area contributed by atoms with Gasteiger partial charge in [0, 0.05) is 19.1 Å². The molecule has 102 valence electrons. The van der Waals surface area contributed by atoms with Crippen LogP contribution in [0.5, 0.6) is 0 Å². The lowest BCUT2D eigenvalue weighted by Gasteiger charge is -2.32. The Morgan fingerprint density at radius 1 is 1.29 bits per heavy atom. The van der Waals surface area contributed by atoms with Gasteiger partial charge in [0.25, 0.3) is 0 Å². The van der Waals surface area contributed by atoms with Crippen LogP contribution in [-0.4, -0.2) is 55.1 Å². The zero-order valence-electron chi connectivity index (χ0n) is 12.2. The van der Waals surface area contributed by atoms with Crippen molar-refractivity contribution in [1.29, 1.82) is 0 Å². The van der Waals surface area contributed by atoms with E-state index in [1.807, 2.05) is 0 Å². The van der Waals surface area contributed by atoms with Crippen LogP contribution in [0.3, 0.4) is 0 Å². The van der Waals surface area contributed by atoms with Gasteiger partial charge in [0.1, 0.15) is 0 Å². The second kappa shape index (κ2) is 6.72. The smallest absolute Gasteiger partial charge is 0.0235 e. The molecule has 2 N–H and O–H groups in total. The normalized spacial score (nSPS) is 25.4. The summed E-state index contributed by atoms with van der Waals surface area (Å²) in [7, 11) is 0. The zero-order chi connectivity index (χ0) is 12.9. The van der Waals surface area contributed by atoms with Crippen LogP contribution < -0.4 is 5.73 Å². The first-order chi connectivity index (χ1) is 8.08. The summed E-state index contributed by atoms with van der Waals surface area (Å²) in [5.41, 5.74) is 6.21. The van der Waals surface area contributed by atoms with Crippen LogP contribution in [-0.2, 0) is 0 Å². The van der Waals surface area contributed by atoms with Gasteiger partial charge in [-0.1, -0.05) is 27.7 Å². The Bertz CT molecular complexity index is 210. The van der Waals surface area contributed by atoms with Crippen molar-refractivity contribution < 1.29 is 0 Å². The summed E-state index contributed by atoms with van der Waals surface area (Å²) in [4.78, 5) is 5.20. The Morgan fingerprint density at radius 3 is 2.41 bits per heavy atom. The Kier molecular flexibility index (Phi) is 5.90. The molecule has 0 spiro atoms. The minimum Gasteiger partial charge on any atom is -0.330 e. The second-order valence-electron chi connectivity index (χ2n) is 5.77. The van der Waals surface area contributed by atoms with Gasteiger partial charge in [-0.2, -0.15) is 0 Å². The van der Waals surface area contributed by atoms with Crippen molar-refractivity contribution in [3.05, 3.63) is 0 Å². The number of nitrogens with zero attached hydrogens (tertiary/aromatic N) is 2. The predicted octanol–water partition coefficient (Wildman–Crippen LogP) is 1.78. The maximum Gasteiger partial charge on any atom is 0.0235 e. The first-order valence-electron chi connectivity index (χ1n) is 7.25. The average Bonchev–Trinajstić information content (AvgIpc) is 2.79. The van der Waals surface area contributed by atoms with E-state index in [2.05, 4.69) is 37.5 Å². The van der Waals surface area contributed by atoms with Gasteiger partial charge in [0.05, 0.1) is 0 Å². The summed E-state index contributed by atoms with van der Waals surface area (Å²) in [6.07, 6.45) is 2.50. The molecule has 0 bridgehead atoms. The molecule has 17 heavy (non-hydrogen) atoms. The summed E-state index contributed by atoms with van der Waals surface area (Å²) in [6.45, 7) is 15.9. The molecular formula is C14H31N3. The van der Waals surface area contributed by atoms with Crippen LogP contribution in [0.1, 0.15) is 40.5 Å². The van der Waals surface area contributed by atoms with Crippen LogP contribution in [0.4, 0.5) is 0 Å². The largest absolute Gasteiger partial charge is 0.330 e. The second-order valence-corrected chi connectivity index (χ2v) is 5.77. The van der Waals surface area contributed by atoms with Crippen molar-refractivity contribution >= 4 is 0 Å². The third-order valence-corrected chi connectivity index (χ3v) is 4.53. The molecule has 1 fully saturated rings. The van der Waals surface area contributed by atoms with Gasteiger partial charge in [-0.3, -0.25) is 4.90 Å². The molecule has 1 rings (SSSR count). The fraction of sp³-hybridized carbons (Fsp3) is 1.00. The Labute approximate surface area is 107 Å². The topological polar surface area (TPSA) is 32.5 Å². The number of nitrogens with two attached hydrogens (primary N) is 1. The number of rotatable bonds is 7.